The van der Waals surface area contributed by atoms with E-state index in [0.29, 0.717) is 11.0 Å². The number of aryl methyl sites for hydroxylation is 2. The van der Waals surface area contributed by atoms with Gasteiger partial charge in [0.2, 0.25) is 5.91 Å². The molecule has 0 aliphatic carbocycles. The van der Waals surface area contributed by atoms with E-state index in [1.807, 2.05) is 26.0 Å². The van der Waals surface area contributed by atoms with Gasteiger partial charge in [0, 0.05) is 30.2 Å². The molecule has 0 atom stereocenters. The summed E-state index contributed by atoms with van der Waals surface area (Å²) in [5.41, 5.74) is 9.25. The maximum absolute atomic E-state index is 12.4. The molecule has 1 aromatic carbocycles. The first-order valence-corrected chi connectivity index (χ1v) is 11.6. The highest BCUT2D eigenvalue weighted by atomic mass is 32.2. The summed E-state index contributed by atoms with van der Waals surface area (Å²) in [6.07, 6.45) is 0. The van der Waals surface area contributed by atoms with Crippen LogP contribution in [0.1, 0.15) is 16.0 Å². The molecule has 3 heterocycles. The minimum atomic E-state index is -0.0956. The SMILES string of the molecule is Cc1sc2nc(SCC(=O)Nc3ccc(CN4CCOCC4)cc3)nc(N)c2c1C. The number of nitrogen functional groups attached to an aromatic ring is 1. The summed E-state index contributed by atoms with van der Waals surface area (Å²) < 4.78 is 5.38. The largest absolute Gasteiger partial charge is 0.383 e. The number of fused-ring (bicyclic) bond motifs is 1. The van der Waals surface area contributed by atoms with E-state index in [1.54, 1.807) is 11.3 Å². The van der Waals surface area contributed by atoms with Crippen LogP contribution in [0.25, 0.3) is 10.2 Å². The Kier molecular flexibility index (Phi) is 6.52. The molecule has 0 saturated carbocycles. The molecule has 7 nitrogen and oxygen atoms in total. The van der Waals surface area contributed by atoms with E-state index in [0.717, 1.165) is 54.3 Å². The van der Waals surface area contributed by atoms with E-state index in [-0.39, 0.29) is 11.7 Å². The molecule has 1 aliphatic heterocycles. The number of nitrogens with one attached hydrogen (secondary N) is 1. The number of amides is 1. The molecule has 1 aliphatic rings. The minimum absolute atomic E-state index is 0.0956. The summed E-state index contributed by atoms with van der Waals surface area (Å²) in [6.45, 7) is 8.47. The predicted molar refractivity (Wildman–Crippen MR) is 123 cm³/mol. The maximum atomic E-state index is 12.4. The molecule has 158 valence electrons. The second kappa shape index (κ2) is 9.30. The van der Waals surface area contributed by atoms with E-state index in [4.69, 9.17) is 10.5 Å². The second-order valence-electron chi connectivity index (χ2n) is 7.28. The topological polar surface area (TPSA) is 93.4 Å². The zero-order valence-corrected chi connectivity index (χ0v) is 18.7. The lowest BCUT2D eigenvalue weighted by atomic mass is 10.2. The fraction of sp³-hybridized carbons (Fsp3) is 0.381. The van der Waals surface area contributed by atoms with Gasteiger partial charge in [-0.05, 0) is 37.1 Å². The minimum Gasteiger partial charge on any atom is -0.383 e. The Balaban J connectivity index is 1.32. The fourth-order valence-electron chi connectivity index (χ4n) is 3.36. The van der Waals surface area contributed by atoms with Gasteiger partial charge in [-0.1, -0.05) is 23.9 Å². The number of rotatable bonds is 6. The van der Waals surface area contributed by atoms with E-state index in [9.17, 15) is 4.79 Å². The molecule has 1 amide bonds. The molecule has 30 heavy (non-hydrogen) atoms. The lowest BCUT2D eigenvalue weighted by Crippen LogP contribution is -2.35. The molecule has 3 aromatic rings. The van der Waals surface area contributed by atoms with Crippen LogP contribution in [-0.4, -0.2) is 52.8 Å². The van der Waals surface area contributed by atoms with Crippen molar-refractivity contribution in [1.82, 2.24) is 14.9 Å². The van der Waals surface area contributed by atoms with Gasteiger partial charge in [0.15, 0.2) is 5.16 Å². The number of thiophene rings is 1. The van der Waals surface area contributed by atoms with Crippen LogP contribution in [0.3, 0.4) is 0 Å². The van der Waals surface area contributed by atoms with E-state index < -0.39 is 0 Å². The third-order valence-corrected chi connectivity index (χ3v) is 7.06. The summed E-state index contributed by atoms with van der Waals surface area (Å²) >= 11 is 2.89. The van der Waals surface area contributed by atoms with Gasteiger partial charge in [0.1, 0.15) is 10.6 Å². The van der Waals surface area contributed by atoms with Crippen LogP contribution in [-0.2, 0) is 16.1 Å². The quantitative estimate of drug-likeness (QED) is 0.445. The Hall–Kier alpha value is -2.20. The van der Waals surface area contributed by atoms with Crippen LogP contribution in [0, 0.1) is 13.8 Å². The number of nitrogens with two attached hydrogens (primary N) is 1. The van der Waals surface area contributed by atoms with Crippen molar-refractivity contribution >= 4 is 50.7 Å². The van der Waals surface area contributed by atoms with Crippen molar-refractivity contribution in [3.05, 3.63) is 40.3 Å². The van der Waals surface area contributed by atoms with Crippen LogP contribution in [0.15, 0.2) is 29.4 Å². The number of benzene rings is 1. The lowest BCUT2D eigenvalue weighted by Gasteiger charge is -2.26. The highest BCUT2D eigenvalue weighted by Crippen LogP contribution is 2.33. The number of aromatic nitrogens is 2. The maximum Gasteiger partial charge on any atom is 0.234 e. The highest BCUT2D eigenvalue weighted by Gasteiger charge is 2.14. The zero-order chi connectivity index (χ0) is 21.1. The van der Waals surface area contributed by atoms with Crippen molar-refractivity contribution in [2.45, 2.75) is 25.5 Å². The molecule has 0 bridgehead atoms. The number of thioether (sulfide) groups is 1. The Bertz CT molecular complexity index is 1050. The summed E-state index contributed by atoms with van der Waals surface area (Å²) in [6, 6.07) is 7.99. The Morgan fingerprint density at radius 2 is 1.97 bits per heavy atom. The van der Waals surface area contributed by atoms with Gasteiger partial charge < -0.3 is 15.8 Å². The number of carbonyl (C=O) groups is 1. The van der Waals surface area contributed by atoms with Gasteiger partial charge >= 0.3 is 0 Å². The molecule has 0 spiro atoms. The number of hydrogen-bond donors (Lipinski definition) is 2. The first-order chi connectivity index (χ1) is 14.5. The third-order valence-electron chi connectivity index (χ3n) is 5.12. The summed E-state index contributed by atoms with van der Waals surface area (Å²) in [7, 11) is 0. The number of carbonyl (C=O) groups excluding carboxylic acids is 1. The van der Waals surface area contributed by atoms with Gasteiger partial charge in [-0.25, -0.2) is 9.97 Å². The normalized spacial score (nSPS) is 14.9. The van der Waals surface area contributed by atoms with Crippen LogP contribution >= 0.6 is 23.1 Å². The molecule has 1 fully saturated rings. The second-order valence-corrected chi connectivity index (χ2v) is 9.42. The lowest BCUT2D eigenvalue weighted by molar-refractivity contribution is -0.113. The molecule has 2 aromatic heterocycles. The van der Waals surface area contributed by atoms with Crippen LogP contribution in [0.5, 0.6) is 0 Å². The van der Waals surface area contributed by atoms with Gasteiger partial charge in [-0.3, -0.25) is 9.69 Å². The molecule has 0 unspecified atom stereocenters. The average molecular weight is 444 g/mol. The first-order valence-electron chi connectivity index (χ1n) is 9.84. The summed E-state index contributed by atoms with van der Waals surface area (Å²) in [4.78, 5) is 25.7. The van der Waals surface area contributed by atoms with Crippen LogP contribution < -0.4 is 11.1 Å². The molecule has 0 radical (unpaired) electrons. The highest BCUT2D eigenvalue weighted by molar-refractivity contribution is 7.99. The number of anilines is 2. The molecular formula is C21H25N5O2S2. The van der Waals surface area contributed by atoms with E-state index in [1.165, 1.54) is 22.2 Å². The predicted octanol–water partition coefficient (Wildman–Crippen LogP) is 3.45. The molecule has 3 N–H and O–H groups in total. The number of nitrogens with zero attached hydrogens (tertiary/aromatic N) is 3. The monoisotopic (exact) mass is 443 g/mol. The van der Waals surface area contributed by atoms with Crippen molar-refractivity contribution < 1.29 is 9.53 Å². The van der Waals surface area contributed by atoms with Gasteiger partial charge in [0.05, 0.1) is 24.4 Å². The van der Waals surface area contributed by atoms with Crippen molar-refractivity contribution in [3.63, 3.8) is 0 Å². The average Bonchev–Trinajstić information content (AvgIpc) is 3.03. The van der Waals surface area contributed by atoms with Crippen LogP contribution in [0.2, 0.25) is 0 Å². The van der Waals surface area contributed by atoms with Crippen molar-refractivity contribution in [1.29, 1.82) is 0 Å². The van der Waals surface area contributed by atoms with Crippen LogP contribution in [0.4, 0.5) is 11.5 Å². The fourth-order valence-corrected chi connectivity index (χ4v) is 5.11. The van der Waals surface area contributed by atoms with Crippen molar-refractivity contribution in [2.24, 2.45) is 0 Å². The number of hydrogen-bond acceptors (Lipinski definition) is 8. The van der Waals surface area contributed by atoms with Gasteiger partial charge in [-0.15, -0.1) is 11.3 Å². The van der Waals surface area contributed by atoms with E-state index in [2.05, 4.69) is 32.3 Å². The molecule has 4 rings (SSSR count). The Labute approximate surface area is 184 Å². The smallest absolute Gasteiger partial charge is 0.234 e. The zero-order valence-electron chi connectivity index (χ0n) is 17.1. The van der Waals surface area contributed by atoms with Crippen molar-refractivity contribution in [3.8, 4) is 0 Å². The molecular weight excluding hydrogens is 418 g/mol. The van der Waals surface area contributed by atoms with E-state index >= 15 is 0 Å². The summed E-state index contributed by atoms with van der Waals surface area (Å²) in [5.74, 6) is 0.603. The van der Waals surface area contributed by atoms with Gasteiger partial charge in [-0.2, -0.15) is 0 Å². The summed E-state index contributed by atoms with van der Waals surface area (Å²) in [5, 5.41) is 4.38. The van der Waals surface area contributed by atoms with Gasteiger partial charge in [0.25, 0.3) is 0 Å². The number of ether oxygens (including phenoxy) is 1. The van der Waals surface area contributed by atoms with Crippen molar-refractivity contribution in [2.75, 3.05) is 43.1 Å². The standard InChI is InChI=1S/C21H25N5O2S2/c1-13-14(2)30-20-18(13)19(22)24-21(25-20)29-12-17(27)23-16-5-3-15(4-6-16)11-26-7-9-28-10-8-26/h3-6H,7-12H2,1-2H3,(H,23,27)(H2,22,24,25). The molecule has 1 saturated heterocycles. The Morgan fingerprint density at radius 3 is 2.70 bits per heavy atom. The number of morpholine rings is 1. The molecule has 9 heteroatoms. The first kappa shape index (κ1) is 21.0. The third kappa shape index (κ3) is 4.92. The Morgan fingerprint density at radius 1 is 1.23 bits per heavy atom.